The maximum absolute atomic E-state index is 11.3. The molecule has 0 aliphatic carbocycles. The molecule has 1 heterocycles. The van der Waals surface area contributed by atoms with Crippen LogP contribution in [0.15, 0.2) is 22.0 Å². The summed E-state index contributed by atoms with van der Waals surface area (Å²) in [5, 5.41) is 6.63. The molecule has 0 radical (unpaired) electrons. The zero-order valence-corrected chi connectivity index (χ0v) is 7.62. The Balaban J connectivity index is 2.37. The third kappa shape index (κ3) is 2.57. The quantitative estimate of drug-likeness (QED) is 0.480. The monoisotopic (exact) mass is 180 g/mol. The Labute approximate surface area is 76.7 Å². The zero-order valence-electron chi connectivity index (χ0n) is 7.62. The van der Waals surface area contributed by atoms with E-state index >= 15 is 0 Å². The molecule has 0 aromatic heterocycles. The van der Waals surface area contributed by atoms with Crippen molar-refractivity contribution in [1.29, 1.82) is 0 Å². The van der Waals surface area contributed by atoms with Gasteiger partial charge >= 0.3 is 5.91 Å². The highest BCUT2D eigenvalue weighted by Crippen LogP contribution is 2.12. The van der Waals surface area contributed by atoms with E-state index in [-0.39, 0.29) is 11.4 Å². The molecule has 0 saturated carbocycles. The minimum atomic E-state index is -0.499. The zero-order chi connectivity index (χ0) is 9.68. The summed E-state index contributed by atoms with van der Waals surface area (Å²) < 4.78 is 0. The van der Waals surface area contributed by atoms with Crippen molar-refractivity contribution in [2.75, 3.05) is 0 Å². The number of azo groups is 1. The van der Waals surface area contributed by atoms with Crippen LogP contribution in [0.25, 0.3) is 0 Å². The van der Waals surface area contributed by atoms with E-state index in [1.165, 1.54) is 6.20 Å². The Morgan fingerprint density at radius 2 is 2.23 bits per heavy atom. The average molecular weight is 180 g/mol. The van der Waals surface area contributed by atoms with Crippen LogP contribution in [0.1, 0.15) is 32.6 Å². The number of ketones is 1. The molecule has 13 heavy (non-hydrogen) atoms. The van der Waals surface area contributed by atoms with Crippen LogP contribution in [0.2, 0.25) is 0 Å². The number of Topliss-reactive ketones (excluding diaryl/α,β-unsaturated/α-hetero) is 1. The third-order valence-electron chi connectivity index (χ3n) is 1.87. The fourth-order valence-electron chi connectivity index (χ4n) is 1.11. The smallest absolute Gasteiger partial charge is 0.294 e. The molecule has 0 atom stereocenters. The van der Waals surface area contributed by atoms with Gasteiger partial charge in [-0.15, -0.1) is 5.11 Å². The van der Waals surface area contributed by atoms with Gasteiger partial charge in [-0.1, -0.05) is 19.8 Å². The molecule has 1 aliphatic heterocycles. The molecule has 70 valence electrons. The fraction of sp³-hybridized carbons (Fsp3) is 0.556. The second-order valence-electron chi connectivity index (χ2n) is 2.94. The number of unbranched alkanes of at least 4 members (excludes halogenated alkanes) is 2. The molecule has 4 heteroatoms. The van der Waals surface area contributed by atoms with Gasteiger partial charge in [-0.05, 0) is 6.42 Å². The van der Waals surface area contributed by atoms with Gasteiger partial charge < -0.3 is 0 Å². The minimum Gasteiger partial charge on any atom is -0.294 e. The van der Waals surface area contributed by atoms with E-state index < -0.39 is 5.91 Å². The maximum Gasteiger partial charge on any atom is 0.300 e. The van der Waals surface area contributed by atoms with Crippen LogP contribution in [-0.2, 0) is 9.59 Å². The van der Waals surface area contributed by atoms with Crippen LogP contribution in [0.3, 0.4) is 0 Å². The van der Waals surface area contributed by atoms with E-state index in [9.17, 15) is 9.59 Å². The summed E-state index contributed by atoms with van der Waals surface area (Å²) in [5.74, 6) is -0.634. The van der Waals surface area contributed by atoms with E-state index in [1.54, 1.807) is 0 Å². The molecule has 0 spiro atoms. The van der Waals surface area contributed by atoms with Crippen molar-refractivity contribution in [3.05, 3.63) is 11.8 Å². The summed E-state index contributed by atoms with van der Waals surface area (Å²) in [7, 11) is 0. The van der Waals surface area contributed by atoms with E-state index in [4.69, 9.17) is 0 Å². The minimum absolute atomic E-state index is 0.135. The molecule has 1 rings (SSSR count). The Bertz CT molecular complexity index is 279. The Morgan fingerprint density at radius 3 is 2.77 bits per heavy atom. The van der Waals surface area contributed by atoms with Gasteiger partial charge in [0, 0.05) is 6.42 Å². The molecule has 0 fully saturated rings. The van der Waals surface area contributed by atoms with Crippen LogP contribution < -0.4 is 0 Å². The summed E-state index contributed by atoms with van der Waals surface area (Å²) >= 11 is 0. The van der Waals surface area contributed by atoms with Gasteiger partial charge in [0.2, 0.25) is 0 Å². The van der Waals surface area contributed by atoms with E-state index in [2.05, 4.69) is 17.2 Å². The summed E-state index contributed by atoms with van der Waals surface area (Å²) in [4.78, 5) is 22.2. The van der Waals surface area contributed by atoms with Crippen LogP contribution >= 0.6 is 0 Å². The number of carbonyl (C=O) groups is 2. The number of hydrogen-bond acceptors (Lipinski definition) is 3. The predicted molar refractivity (Wildman–Crippen MR) is 47.1 cm³/mol. The fourth-order valence-corrected chi connectivity index (χ4v) is 1.11. The Kier molecular flexibility index (Phi) is 3.49. The summed E-state index contributed by atoms with van der Waals surface area (Å²) in [5.41, 5.74) is 0.135. The van der Waals surface area contributed by atoms with Gasteiger partial charge in [-0.2, -0.15) is 5.11 Å². The van der Waals surface area contributed by atoms with Gasteiger partial charge in [0.05, 0.1) is 6.20 Å². The second kappa shape index (κ2) is 4.64. The first-order chi connectivity index (χ1) is 6.25. The van der Waals surface area contributed by atoms with Crippen molar-refractivity contribution in [3.63, 3.8) is 0 Å². The molecule has 0 unspecified atom stereocenters. The van der Waals surface area contributed by atoms with E-state index in [1.807, 2.05) is 0 Å². The van der Waals surface area contributed by atoms with E-state index in [0.717, 1.165) is 19.3 Å². The predicted octanol–water partition coefficient (Wildman–Crippen LogP) is 2.01. The average Bonchev–Trinajstić information content (AvgIpc) is 2.52. The standard InChI is InChI=1S/C9H12N2O2/c1-2-3-4-5-8(12)7-6-10-11-9(7)13/h6H,2-5H2,1H3. The Hall–Kier alpha value is -1.32. The highest BCUT2D eigenvalue weighted by Gasteiger charge is 2.20. The molecule has 0 aromatic rings. The number of nitrogens with zero attached hydrogens (tertiary/aromatic N) is 2. The van der Waals surface area contributed by atoms with Crippen molar-refractivity contribution in [3.8, 4) is 0 Å². The van der Waals surface area contributed by atoms with Gasteiger partial charge in [-0.25, -0.2) is 0 Å². The largest absolute Gasteiger partial charge is 0.300 e. The van der Waals surface area contributed by atoms with Crippen molar-refractivity contribution in [2.24, 2.45) is 10.2 Å². The molecule has 0 bridgehead atoms. The molecule has 0 N–H and O–H groups in total. The third-order valence-corrected chi connectivity index (χ3v) is 1.87. The lowest BCUT2D eigenvalue weighted by Gasteiger charge is -1.97. The highest BCUT2D eigenvalue weighted by atomic mass is 16.2. The second-order valence-corrected chi connectivity index (χ2v) is 2.94. The molecule has 1 amide bonds. The summed E-state index contributed by atoms with van der Waals surface area (Å²) in [6.07, 6.45) is 4.59. The molecule has 4 nitrogen and oxygen atoms in total. The van der Waals surface area contributed by atoms with Crippen LogP contribution in [0, 0.1) is 0 Å². The molecule has 0 aromatic carbocycles. The topological polar surface area (TPSA) is 58.9 Å². The number of amides is 1. The summed E-state index contributed by atoms with van der Waals surface area (Å²) in [6, 6.07) is 0. The van der Waals surface area contributed by atoms with Crippen LogP contribution in [0.5, 0.6) is 0 Å². The molecular formula is C9H12N2O2. The molecule has 1 aliphatic rings. The van der Waals surface area contributed by atoms with Crippen LogP contribution in [-0.4, -0.2) is 11.7 Å². The lowest BCUT2D eigenvalue weighted by molar-refractivity contribution is -0.120. The van der Waals surface area contributed by atoms with Crippen LogP contribution in [0.4, 0.5) is 0 Å². The normalized spacial score (nSPS) is 14.8. The SMILES string of the molecule is CCCCCC(=O)C1=CN=NC1=O. The number of hydrogen-bond donors (Lipinski definition) is 0. The Morgan fingerprint density at radius 1 is 1.46 bits per heavy atom. The van der Waals surface area contributed by atoms with Crippen molar-refractivity contribution in [2.45, 2.75) is 32.6 Å². The summed E-state index contributed by atoms with van der Waals surface area (Å²) in [6.45, 7) is 2.06. The van der Waals surface area contributed by atoms with Gasteiger partial charge in [0.15, 0.2) is 5.78 Å². The van der Waals surface area contributed by atoms with Crippen molar-refractivity contribution >= 4 is 11.7 Å². The maximum atomic E-state index is 11.3. The molecule has 0 saturated heterocycles. The highest BCUT2D eigenvalue weighted by molar-refractivity contribution is 6.20. The number of carbonyl (C=O) groups excluding carboxylic acids is 2. The first-order valence-electron chi connectivity index (χ1n) is 4.44. The molecular weight excluding hydrogens is 168 g/mol. The lowest BCUT2D eigenvalue weighted by Crippen LogP contribution is -2.08. The van der Waals surface area contributed by atoms with Crippen molar-refractivity contribution < 1.29 is 9.59 Å². The van der Waals surface area contributed by atoms with Gasteiger partial charge in [0.25, 0.3) is 0 Å². The van der Waals surface area contributed by atoms with Gasteiger partial charge in [0.1, 0.15) is 5.57 Å². The number of rotatable bonds is 5. The van der Waals surface area contributed by atoms with Crippen molar-refractivity contribution in [1.82, 2.24) is 0 Å². The first kappa shape index (κ1) is 9.77. The van der Waals surface area contributed by atoms with E-state index in [0.29, 0.717) is 6.42 Å². The van der Waals surface area contributed by atoms with Gasteiger partial charge in [-0.3, -0.25) is 9.59 Å². The first-order valence-corrected chi connectivity index (χ1v) is 4.44. The lowest BCUT2D eigenvalue weighted by atomic mass is 10.1.